The number of nitrogens with one attached hydrogen (secondary N) is 1. The van der Waals surface area contributed by atoms with Gasteiger partial charge in [-0.15, -0.1) is 10.2 Å². The number of benzene rings is 1. The first-order valence-corrected chi connectivity index (χ1v) is 10.6. The predicted molar refractivity (Wildman–Crippen MR) is 98.9 cm³/mol. The van der Waals surface area contributed by atoms with Gasteiger partial charge in [0, 0.05) is 50.3 Å². The van der Waals surface area contributed by atoms with Gasteiger partial charge >= 0.3 is 6.43 Å². The number of hydrogen-bond acceptors (Lipinski definition) is 6. The van der Waals surface area contributed by atoms with Crippen LogP contribution in [-0.4, -0.2) is 59.9 Å². The van der Waals surface area contributed by atoms with Crippen molar-refractivity contribution in [3.8, 4) is 11.5 Å². The van der Waals surface area contributed by atoms with Crippen molar-refractivity contribution in [1.82, 2.24) is 24.1 Å². The van der Waals surface area contributed by atoms with E-state index in [-0.39, 0.29) is 42.6 Å². The molecule has 1 N–H and O–H groups in total. The fourth-order valence-corrected chi connectivity index (χ4v) is 4.09. The minimum Gasteiger partial charge on any atom is -0.415 e. The molecule has 164 valence electrons. The summed E-state index contributed by atoms with van der Waals surface area (Å²) in [6.45, 7) is 2.30. The third-order valence-electron chi connectivity index (χ3n) is 4.61. The largest absolute Gasteiger partial charge is 0.415 e. The lowest BCUT2D eigenvalue weighted by Gasteiger charge is -2.33. The normalized spacial score (nSPS) is 15.7. The number of amides is 1. The van der Waals surface area contributed by atoms with E-state index in [2.05, 4.69) is 14.9 Å². The standard InChI is InChI=1S/C17H20F3N5O4S/c1-2-14(26)24-5-7-25(8-6-24)30(27,28)21-10-12-4-3-11(9-13(12)18)16-22-23-17(29-16)15(19)20/h3-4,9,15,21H,2,5-8,10H2,1H3. The fourth-order valence-electron chi connectivity index (χ4n) is 2.92. The smallest absolute Gasteiger partial charge is 0.314 e. The van der Waals surface area contributed by atoms with Crippen LogP contribution < -0.4 is 4.72 Å². The lowest BCUT2D eigenvalue weighted by Crippen LogP contribution is -2.53. The number of aromatic nitrogens is 2. The van der Waals surface area contributed by atoms with Gasteiger partial charge in [-0.2, -0.15) is 26.2 Å². The molecule has 1 aromatic carbocycles. The van der Waals surface area contributed by atoms with Crippen LogP contribution in [0.3, 0.4) is 0 Å². The molecular formula is C17H20F3N5O4S. The van der Waals surface area contributed by atoms with E-state index in [1.165, 1.54) is 16.4 Å². The highest BCUT2D eigenvalue weighted by atomic mass is 32.2. The zero-order valence-corrected chi connectivity index (χ0v) is 16.8. The maximum atomic E-state index is 14.4. The van der Waals surface area contributed by atoms with Crippen LogP contribution in [0.1, 0.15) is 31.2 Å². The summed E-state index contributed by atoms with van der Waals surface area (Å²) in [5, 5.41) is 6.62. The molecule has 1 fully saturated rings. The van der Waals surface area contributed by atoms with Crippen molar-refractivity contribution < 1.29 is 30.8 Å². The van der Waals surface area contributed by atoms with Gasteiger partial charge in [-0.1, -0.05) is 13.0 Å². The second-order valence-electron chi connectivity index (χ2n) is 6.51. The summed E-state index contributed by atoms with van der Waals surface area (Å²) in [6, 6.07) is 3.67. The summed E-state index contributed by atoms with van der Waals surface area (Å²) in [4.78, 5) is 13.3. The SMILES string of the molecule is CCC(=O)N1CCN(S(=O)(=O)NCc2ccc(-c3nnc(C(F)F)o3)cc2F)CC1. The van der Waals surface area contributed by atoms with Gasteiger partial charge in [0.25, 0.3) is 16.1 Å². The van der Waals surface area contributed by atoms with E-state index in [9.17, 15) is 26.4 Å². The summed E-state index contributed by atoms with van der Waals surface area (Å²) in [5.41, 5.74) is 0.144. The summed E-state index contributed by atoms with van der Waals surface area (Å²) in [6.07, 6.45) is -2.58. The highest BCUT2D eigenvalue weighted by molar-refractivity contribution is 7.87. The molecule has 0 saturated carbocycles. The van der Waals surface area contributed by atoms with Crippen LogP contribution in [0.15, 0.2) is 22.6 Å². The summed E-state index contributed by atoms with van der Waals surface area (Å²) in [7, 11) is -3.87. The highest BCUT2D eigenvalue weighted by Crippen LogP contribution is 2.24. The molecule has 3 rings (SSSR count). The van der Waals surface area contributed by atoms with E-state index in [1.54, 1.807) is 11.8 Å². The van der Waals surface area contributed by atoms with Crippen LogP contribution in [0, 0.1) is 5.82 Å². The Morgan fingerprint density at radius 1 is 1.23 bits per heavy atom. The van der Waals surface area contributed by atoms with Crippen LogP contribution in [0.2, 0.25) is 0 Å². The molecule has 1 aliphatic heterocycles. The van der Waals surface area contributed by atoms with Gasteiger partial charge in [0.2, 0.25) is 11.8 Å². The van der Waals surface area contributed by atoms with E-state index < -0.39 is 28.3 Å². The zero-order valence-electron chi connectivity index (χ0n) is 16.0. The Labute approximate surface area is 171 Å². The zero-order chi connectivity index (χ0) is 21.9. The Balaban J connectivity index is 1.62. The second-order valence-corrected chi connectivity index (χ2v) is 8.27. The second kappa shape index (κ2) is 9.10. The van der Waals surface area contributed by atoms with E-state index >= 15 is 0 Å². The number of hydrogen-bond donors (Lipinski definition) is 1. The van der Waals surface area contributed by atoms with Crippen LogP contribution in [0.25, 0.3) is 11.5 Å². The maximum absolute atomic E-state index is 14.4. The molecule has 9 nitrogen and oxygen atoms in total. The maximum Gasteiger partial charge on any atom is 0.314 e. The van der Waals surface area contributed by atoms with Gasteiger partial charge in [0.05, 0.1) is 0 Å². The van der Waals surface area contributed by atoms with Gasteiger partial charge in [-0.05, 0) is 12.1 Å². The lowest BCUT2D eigenvalue weighted by atomic mass is 10.1. The fraction of sp³-hybridized carbons (Fsp3) is 0.471. The molecule has 13 heteroatoms. The molecule has 0 aliphatic carbocycles. The van der Waals surface area contributed by atoms with Crippen molar-refractivity contribution in [3.63, 3.8) is 0 Å². The molecule has 1 saturated heterocycles. The van der Waals surface area contributed by atoms with Crippen molar-refractivity contribution in [2.24, 2.45) is 0 Å². The molecule has 0 spiro atoms. The molecule has 0 radical (unpaired) electrons. The number of piperazine rings is 1. The van der Waals surface area contributed by atoms with E-state index in [0.29, 0.717) is 19.5 Å². The quantitative estimate of drug-likeness (QED) is 0.692. The van der Waals surface area contributed by atoms with Crippen molar-refractivity contribution in [2.45, 2.75) is 26.3 Å². The van der Waals surface area contributed by atoms with E-state index in [0.717, 1.165) is 6.07 Å². The predicted octanol–water partition coefficient (Wildman–Crippen LogP) is 1.70. The summed E-state index contributed by atoms with van der Waals surface area (Å²) >= 11 is 0. The first-order valence-electron chi connectivity index (χ1n) is 9.14. The number of halogens is 3. The van der Waals surface area contributed by atoms with Gasteiger partial charge < -0.3 is 9.32 Å². The first-order chi connectivity index (χ1) is 14.2. The first kappa shape index (κ1) is 22.2. The molecule has 2 aromatic rings. The number of carbonyl (C=O) groups is 1. The lowest BCUT2D eigenvalue weighted by molar-refractivity contribution is -0.132. The van der Waals surface area contributed by atoms with Crippen LogP contribution in [-0.2, 0) is 21.5 Å². The topological polar surface area (TPSA) is 109 Å². The Morgan fingerprint density at radius 2 is 1.93 bits per heavy atom. The molecule has 0 atom stereocenters. The van der Waals surface area contributed by atoms with E-state index in [4.69, 9.17) is 4.42 Å². The van der Waals surface area contributed by atoms with Crippen molar-refractivity contribution in [1.29, 1.82) is 0 Å². The average Bonchev–Trinajstić information content (AvgIpc) is 3.23. The Kier molecular flexibility index (Phi) is 6.73. The van der Waals surface area contributed by atoms with Gasteiger partial charge in [-0.3, -0.25) is 4.79 Å². The molecule has 0 unspecified atom stereocenters. The molecular weight excluding hydrogens is 427 g/mol. The molecule has 1 amide bonds. The Morgan fingerprint density at radius 3 is 2.50 bits per heavy atom. The Bertz CT molecular complexity index is 1010. The van der Waals surface area contributed by atoms with Crippen LogP contribution >= 0.6 is 0 Å². The van der Waals surface area contributed by atoms with Gasteiger partial charge in [0.15, 0.2) is 0 Å². The number of carbonyl (C=O) groups excluding carboxylic acids is 1. The molecule has 2 heterocycles. The monoisotopic (exact) mass is 447 g/mol. The van der Waals surface area contributed by atoms with Gasteiger partial charge in [-0.25, -0.2) is 4.39 Å². The minimum atomic E-state index is -3.87. The number of rotatable bonds is 7. The van der Waals surface area contributed by atoms with E-state index in [1.807, 2.05) is 0 Å². The number of nitrogens with zero attached hydrogens (tertiary/aromatic N) is 4. The van der Waals surface area contributed by atoms with Crippen molar-refractivity contribution in [2.75, 3.05) is 26.2 Å². The molecule has 0 bridgehead atoms. The molecule has 30 heavy (non-hydrogen) atoms. The highest BCUT2D eigenvalue weighted by Gasteiger charge is 2.28. The third-order valence-corrected chi connectivity index (χ3v) is 6.16. The van der Waals surface area contributed by atoms with Gasteiger partial charge in [0.1, 0.15) is 5.82 Å². The average molecular weight is 447 g/mol. The summed E-state index contributed by atoms with van der Waals surface area (Å²) < 4.78 is 72.6. The summed E-state index contributed by atoms with van der Waals surface area (Å²) in [5.74, 6) is -1.94. The Hall–Kier alpha value is -2.51. The van der Waals surface area contributed by atoms with Crippen LogP contribution in [0.4, 0.5) is 13.2 Å². The van der Waals surface area contributed by atoms with Crippen molar-refractivity contribution in [3.05, 3.63) is 35.5 Å². The van der Waals surface area contributed by atoms with Crippen molar-refractivity contribution >= 4 is 16.1 Å². The minimum absolute atomic E-state index is 0.0379. The van der Waals surface area contributed by atoms with Crippen LogP contribution in [0.5, 0.6) is 0 Å². The molecule has 1 aromatic heterocycles. The molecule has 1 aliphatic rings. The number of alkyl halides is 2. The third kappa shape index (κ3) is 4.96.